The summed E-state index contributed by atoms with van der Waals surface area (Å²) in [4.78, 5) is 7.87. The van der Waals surface area contributed by atoms with Crippen molar-refractivity contribution in [2.75, 3.05) is 0 Å². The molecule has 19 heavy (non-hydrogen) atoms. The number of nitrogens with zero attached hydrogens (tertiary/aromatic N) is 2. The van der Waals surface area contributed by atoms with Crippen LogP contribution in [0.4, 0.5) is 13.2 Å². The Hall–Kier alpha value is -1.60. The first kappa shape index (κ1) is 13.8. The molecule has 0 atom stereocenters. The van der Waals surface area contributed by atoms with E-state index >= 15 is 0 Å². The first-order valence-electron chi connectivity index (χ1n) is 5.35. The molecule has 0 aliphatic heterocycles. The summed E-state index contributed by atoms with van der Waals surface area (Å²) in [6.45, 7) is 0.385. The summed E-state index contributed by atoms with van der Waals surface area (Å²) < 4.78 is 37.1. The predicted octanol–water partition coefficient (Wildman–Crippen LogP) is 3.11. The van der Waals surface area contributed by atoms with Gasteiger partial charge in [-0.15, -0.1) is 0 Å². The van der Waals surface area contributed by atoms with Gasteiger partial charge >= 0.3 is 6.18 Å². The van der Waals surface area contributed by atoms with Gasteiger partial charge in [0.05, 0.1) is 5.56 Å². The Bertz CT molecular complexity index is 555. The molecule has 0 unspecified atom stereocenters. The zero-order chi connectivity index (χ0) is 13.9. The van der Waals surface area contributed by atoms with Gasteiger partial charge in [-0.25, -0.2) is 9.97 Å². The van der Waals surface area contributed by atoms with Gasteiger partial charge in [-0.2, -0.15) is 13.2 Å². The number of halogens is 3. The van der Waals surface area contributed by atoms with Crippen LogP contribution in [0.2, 0.25) is 0 Å². The maximum Gasteiger partial charge on any atom is 0.417 e. The standard InChI is InChI=1S/C12H10F3N3S/c13-12(14,15)9-1-2-10(18-7-9)19-11-5-8(6-16)3-4-17-11/h1-5,7H,6,16H2. The summed E-state index contributed by atoms with van der Waals surface area (Å²) >= 11 is 1.19. The molecule has 2 aromatic rings. The van der Waals surface area contributed by atoms with Crippen molar-refractivity contribution in [3.63, 3.8) is 0 Å². The van der Waals surface area contributed by atoms with Gasteiger partial charge < -0.3 is 5.73 Å². The van der Waals surface area contributed by atoms with Gasteiger partial charge in [0.25, 0.3) is 0 Å². The van der Waals surface area contributed by atoms with E-state index in [0.29, 0.717) is 16.6 Å². The SMILES string of the molecule is NCc1ccnc(Sc2ccc(C(F)(F)F)cn2)c1. The fourth-order valence-electron chi connectivity index (χ4n) is 1.35. The third-order valence-electron chi connectivity index (χ3n) is 2.31. The summed E-state index contributed by atoms with van der Waals surface area (Å²) in [5.74, 6) is 0. The van der Waals surface area contributed by atoms with E-state index in [4.69, 9.17) is 5.73 Å². The minimum atomic E-state index is -4.37. The van der Waals surface area contributed by atoms with Crippen LogP contribution in [0.15, 0.2) is 46.7 Å². The van der Waals surface area contributed by atoms with E-state index in [1.807, 2.05) is 0 Å². The minimum absolute atomic E-state index is 0.385. The Balaban J connectivity index is 2.15. The summed E-state index contributed by atoms with van der Waals surface area (Å²) in [6.07, 6.45) is -1.95. The Kier molecular flexibility index (Phi) is 4.06. The zero-order valence-corrected chi connectivity index (χ0v) is 10.5. The molecule has 0 saturated carbocycles. The molecule has 0 bridgehead atoms. The number of nitrogens with two attached hydrogens (primary N) is 1. The Morgan fingerprint density at radius 2 is 1.89 bits per heavy atom. The molecule has 0 aromatic carbocycles. The Labute approximate surface area is 112 Å². The quantitative estimate of drug-likeness (QED) is 0.941. The molecule has 3 nitrogen and oxygen atoms in total. The van der Waals surface area contributed by atoms with Crippen molar-refractivity contribution in [3.8, 4) is 0 Å². The average Bonchev–Trinajstić information content (AvgIpc) is 2.38. The van der Waals surface area contributed by atoms with Gasteiger partial charge in [-0.1, -0.05) is 11.8 Å². The van der Waals surface area contributed by atoms with Crippen molar-refractivity contribution in [2.24, 2.45) is 5.73 Å². The molecular formula is C12H10F3N3S. The highest BCUT2D eigenvalue weighted by atomic mass is 32.2. The molecule has 100 valence electrons. The highest BCUT2D eigenvalue weighted by molar-refractivity contribution is 7.99. The average molecular weight is 285 g/mol. The highest BCUT2D eigenvalue weighted by Crippen LogP contribution is 2.31. The minimum Gasteiger partial charge on any atom is -0.326 e. The molecule has 0 saturated heterocycles. The predicted molar refractivity (Wildman–Crippen MR) is 65.5 cm³/mol. The van der Waals surface area contributed by atoms with Crippen LogP contribution in [0.3, 0.4) is 0 Å². The van der Waals surface area contributed by atoms with Crippen LogP contribution in [-0.4, -0.2) is 9.97 Å². The van der Waals surface area contributed by atoms with Crippen molar-refractivity contribution in [1.29, 1.82) is 0 Å². The van der Waals surface area contributed by atoms with Crippen molar-refractivity contribution < 1.29 is 13.2 Å². The number of hydrogen-bond acceptors (Lipinski definition) is 4. The molecule has 0 spiro atoms. The fourth-order valence-corrected chi connectivity index (χ4v) is 2.13. The Morgan fingerprint density at radius 3 is 2.47 bits per heavy atom. The third-order valence-corrected chi connectivity index (χ3v) is 3.19. The van der Waals surface area contributed by atoms with E-state index in [-0.39, 0.29) is 0 Å². The lowest BCUT2D eigenvalue weighted by Gasteiger charge is -2.06. The van der Waals surface area contributed by atoms with Crippen LogP contribution < -0.4 is 5.73 Å². The maximum absolute atomic E-state index is 12.4. The van der Waals surface area contributed by atoms with Crippen LogP contribution >= 0.6 is 11.8 Å². The normalized spacial score (nSPS) is 11.6. The molecule has 2 aromatic heterocycles. The van der Waals surface area contributed by atoms with E-state index in [1.54, 1.807) is 18.3 Å². The first-order valence-corrected chi connectivity index (χ1v) is 6.17. The summed E-state index contributed by atoms with van der Waals surface area (Å²) in [6, 6.07) is 5.89. The monoisotopic (exact) mass is 285 g/mol. The van der Waals surface area contributed by atoms with Crippen LogP contribution in [0.5, 0.6) is 0 Å². The molecule has 0 aliphatic rings. The number of rotatable bonds is 3. The fraction of sp³-hybridized carbons (Fsp3) is 0.167. The number of hydrogen-bond donors (Lipinski definition) is 1. The van der Waals surface area contributed by atoms with Crippen molar-refractivity contribution in [3.05, 3.63) is 47.8 Å². The van der Waals surface area contributed by atoms with Gasteiger partial charge in [-0.05, 0) is 29.8 Å². The lowest BCUT2D eigenvalue weighted by Crippen LogP contribution is -2.05. The van der Waals surface area contributed by atoms with Crippen LogP contribution in [0.25, 0.3) is 0 Å². The summed E-state index contributed by atoms with van der Waals surface area (Å²) in [5, 5.41) is 1.10. The number of pyridine rings is 2. The van der Waals surface area contributed by atoms with Crippen LogP contribution in [0, 0.1) is 0 Å². The zero-order valence-electron chi connectivity index (χ0n) is 9.69. The second-order valence-electron chi connectivity index (χ2n) is 3.69. The maximum atomic E-state index is 12.4. The summed E-state index contributed by atoms with van der Waals surface area (Å²) in [7, 11) is 0. The molecule has 2 rings (SSSR count). The van der Waals surface area contributed by atoms with Gasteiger partial charge in [0.1, 0.15) is 10.1 Å². The lowest BCUT2D eigenvalue weighted by atomic mass is 10.3. The van der Waals surface area contributed by atoms with E-state index < -0.39 is 11.7 Å². The molecule has 2 N–H and O–H groups in total. The molecule has 0 aliphatic carbocycles. The van der Waals surface area contributed by atoms with Gasteiger partial charge in [0.15, 0.2) is 0 Å². The van der Waals surface area contributed by atoms with Crippen molar-refractivity contribution in [2.45, 2.75) is 22.8 Å². The lowest BCUT2D eigenvalue weighted by molar-refractivity contribution is -0.137. The molecular weight excluding hydrogens is 275 g/mol. The third kappa shape index (κ3) is 3.68. The highest BCUT2D eigenvalue weighted by Gasteiger charge is 2.30. The molecule has 0 radical (unpaired) electrons. The van der Waals surface area contributed by atoms with Gasteiger partial charge in [0.2, 0.25) is 0 Å². The van der Waals surface area contributed by atoms with E-state index in [0.717, 1.165) is 17.8 Å². The van der Waals surface area contributed by atoms with E-state index in [9.17, 15) is 13.2 Å². The second-order valence-corrected chi connectivity index (χ2v) is 4.73. The number of alkyl halides is 3. The second kappa shape index (κ2) is 5.58. The summed E-state index contributed by atoms with van der Waals surface area (Å²) in [5.41, 5.74) is 5.65. The largest absolute Gasteiger partial charge is 0.417 e. The van der Waals surface area contributed by atoms with Crippen molar-refractivity contribution >= 4 is 11.8 Å². The van der Waals surface area contributed by atoms with Gasteiger partial charge in [0, 0.05) is 18.9 Å². The number of aromatic nitrogens is 2. The molecule has 0 fully saturated rings. The molecule has 2 heterocycles. The topological polar surface area (TPSA) is 51.8 Å². The molecule has 0 amide bonds. The van der Waals surface area contributed by atoms with E-state index in [2.05, 4.69) is 9.97 Å². The molecule has 7 heteroatoms. The van der Waals surface area contributed by atoms with Crippen LogP contribution in [0.1, 0.15) is 11.1 Å². The van der Waals surface area contributed by atoms with Crippen molar-refractivity contribution in [1.82, 2.24) is 9.97 Å². The smallest absolute Gasteiger partial charge is 0.326 e. The van der Waals surface area contributed by atoms with Gasteiger partial charge in [-0.3, -0.25) is 0 Å². The first-order chi connectivity index (χ1) is 8.99. The Morgan fingerprint density at radius 1 is 1.11 bits per heavy atom. The van der Waals surface area contributed by atoms with E-state index in [1.165, 1.54) is 17.8 Å². The van der Waals surface area contributed by atoms with Crippen LogP contribution in [-0.2, 0) is 12.7 Å².